The van der Waals surface area contributed by atoms with Crippen LogP contribution in [0.1, 0.15) is 42.5 Å². The van der Waals surface area contributed by atoms with Crippen molar-refractivity contribution < 1.29 is 14.7 Å². The second kappa shape index (κ2) is 6.22. The Labute approximate surface area is 127 Å². The summed E-state index contributed by atoms with van der Waals surface area (Å²) in [7, 11) is 0. The molecular formula is C14H16ClN3O3. The van der Waals surface area contributed by atoms with Gasteiger partial charge in [-0.2, -0.15) is 0 Å². The van der Waals surface area contributed by atoms with Crippen molar-refractivity contribution in [2.45, 2.75) is 32.2 Å². The second-order valence-electron chi connectivity index (χ2n) is 5.22. The van der Waals surface area contributed by atoms with Crippen LogP contribution in [0.3, 0.4) is 0 Å². The normalized spacial score (nSPS) is 20.8. The topological polar surface area (TPSA) is 92.2 Å². The Hall–Kier alpha value is -1.95. The van der Waals surface area contributed by atoms with Crippen LogP contribution < -0.4 is 5.32 Å². The minimum atomic E-state index is -0.898. The lowest BCUT2D eigenvalue weighted by Gasteiger charge is -2.13. The van der Waals surface area contributed by atoms with Crippen LogP contribution in [0.25, 0.3) is 0 Å². The molecule has 1 aromatic heterocycles. The van der Waals surface area contributed by atoms with Gasteiger partial charge in [0.25, 0.3) is 5.91 Å². The predicted molar refractivity (Wildman–Crippen MR) is 77.3 cm³/mol. The molecule has 2 unspecified atom stereocenters. The number of carboxylic acid groups (broad SMARTS) is 1. The highest BCUT2D eigenvalue weighted by Crippen LogP contribution is 2.20. The van der Waals surface area contributed by atoms with Gasteiger partial charge in [0, 0.05) is 12.0 Å². The zero-order valence-corrected chi connectivity index (χ0v) is 12.5. The average Bonchev–Trinajstić information content (AvgIpc) is 2.87. The van der Waals surface area contributed by atoms with Crippen LogP contribution in [0.15, 0.2) is 18.3 Å². The summed E-state index contributed by atoms with van der Waals surface area (Å²) in [5.41, 5.74) is 0.113. The molecule has 2 atom stereocenters. The van der Waals surface area contributed by atoms with E-state index in [-0.39, 0.29) is 22.7 Å². The molecule has 2 rings (SSSR count). The number of aliphatic carboxylic acids is 1. The molecule has 6 nitrogen and oxygen atoms in total. The van der Waals surface area contributed by atoms with E-state index in [1.807, 2.05) is 13.8 Å². The Morgan fingerprint density at radius 3 is 2.71 bits per heavy atom. The van der Waals surface area contributed by atoms with Crippen molar-refractivity contribution in [3.05, 3.63) is 34.9 Å². The molecule has 0 saturated carbocycles. The molecule has 0 spiro atoms. The number of nitrogens with one attached hydrogen (secondary N) is 1. The zero-order chi connectivity index (χ0) is 15.6. The van der Waals surface area contributed by atoms with Gasteiger partial charge >= 0.3 is 5.97 Å². The standard InChI is InChI=1S/C14H16ClN3O3/c1-7(2)12-16-6-10(15)11(18-12)13(19)17-9-4-3-8(5-9)14(20)21/h3-4,6-9H,5H2,1-2H3,(H,17,19)(H,20,21). The summed E-state index contributed by atoms with van der Waals surface area (Å²) < 4.78 is 0. The Morgan fingerprint density at radius 1 is 1.43 bits per heavy atom. The quantitative estimate of drug-likeness (QED) is 0.830. The first-order valence-corrected chi connectivity index (χ1v) is 7.00. The van der Waals surface area contributed by atoms with E-state index in [0.717, 1.165) is 0 Å². The largest absolute Gasteiger partial charge is 0.481 e. The number of hydrogen-bond donors (Lipinski definition) is 2. The molecule has 1 aliphatic carbocycles. The molecule has 0 bridgehead atoms. The molecule has 0 aromatic carbocycles. The fraction of sp³-hybridized carbons (Fsp3) is 0.429. The molecule has 0 fully saturated rings. The van der Waals surface area contributed by atoms with E-state index in [0.29, 0.717) is 12.2 Å². The Kier molecular flexibility index (Phi) is 4.57. The third kappa shape index (κ3) is 3.58. The summed E-state index contributed by atoms with van der Waals surface area (Å²) in [5, 5.41) is 11.8. The summed E-state index contributed by atoms with van der Waals surface area (Å²) in [6.45, 7) is 3.84. The molecule has 0 saturated heterocycles. The van der Waals surface area contributed by atoms with E-state index in [1.54, 1.807) is 12.2 Å². The van der Waals surface area contributed by atoms with Crippen molar-refractivity contribution in [1.82, 2.24) is 15.3 Å². The highest BCUT2D eigenvalue weighted by atomic mass is 35.5. The number of aromatic nitrogens is 2. The number of nitrogens with zero attached hydrogens (tertiary/aromatic N) is 2. The fourth-order valence-corrected chi connectivity index (χ4v) is 2.22. The number of amides is 1. The molecule has 1 amide bonds. The number of hydrogen-bond acceptors (Lipinski definition) is 4. The van der Waals surface area contributed by atoms with Gasteiger partial charge in [-0.3, -0.25) is 9.59 Å². The van der Waals surface area contributed by atoms with Gasteiger partial charge < -0.3 is 10.4 Å². The number of carboxylic acids is 1. The monoisotopic (exact) mass is 309 g/mol. The van der Waals surface area contributed by atoms with Crippen LogP contribution in [-0.2, 0) is 4.79 Å². The first-order valence-electron chi connectivity index (χ1n) is 6.63. The smallest absolute Gasteiger partial charge is 0.310 e. The highest BCUT2D eigenvalue weighted by Gasteiger charge is 2.26. The molecule has 2 N–H and O–H groups in total. The molecule has 1 heterocycles. The van der Waals surface area contributed by atoms with Crippen LogP contribution in [0.5, 0.6) is 0 Å². The van der Waals surface area contributed by atoms with Crippen molar-refractivity contribution in [2.75, 3.05) is 0 Å². The summed E-state index contributed by atoms with van der Waals surface area (Å²) in [6.07, 6.45) is 4.99. The van der Waals surface area contributed by atoms with Crippen LogP contribution in [0.2, 0.25) is 5.02 Å². The minimum absolute atomic E-state index is 0.0802. The first-order chi connectivity index (χ1) is 9.88. The Morgan fingerprint density at radius 2 is 2.14 bits per heavy atom. The predicted octanol–water partition coefficient (Wildman–Crippen LogP) is 2.01. The molecule has 112 valence electrons. The van der Waals surface area contributed by atoms with E-state index in [1.165, 1.54) is 6.20 Å². The second-order valence-corrected chi connectivity index (χ2v) is 5.63. The lowest BCUT2D eigenvalue weighted by Crippen LogP contribution is -2.34. The van der Waals surface area contributed by atoms with Gasteiger partial charge in [-0.05, 0) is 6.42 Å². The number of rotatable bonds is 4. The van der Waals surface area contributed by atoms with E-state index in [4.69, 9.17) is 16.7 Å². The Bertz CT molecular complexity index is 601. The zero-order valence-electron chi connectivity index (χ0n) is 11.7. The van der Waals surface area contributed by atoms with Crippen molar-refractivity contribution >= 4 is 23.5 Å². The van der Waals surface area contributed by atoms with E-state index >= 15 is 0 Å². The van der Waals surface area contributed by atoms with Crippen LogP contribution in [0, 0.1) is 5.92 Å². The summed E-state index contributed by atoms with van der Waals surface area (Å²) >= 11 is 5.96. The summed E-state index contributed by atoms with van der Waals surface area (Å²) in [4.78, 5) is 31.3. The lowest BCUT2D eigenvalue weighted by atomic mass is 10.1. The third-order valence-corrected chi connectivity index (χ3v) is 3.49. The van der Waals surface area contributed by atoms with Gasteiger partial charge in [0.15, 0.2) is 0 Å². The van der Waals surface area contributed by atoms with Gasteiger partial charge in [-0.1, -0.05) is 37.6 Å². The lowest BCUT2D eigenvalue weighted by molar-refractivity contribution is -0.140. The van der Waals surface area contributed by atoms with Crippen LogP contribution in [-0.4, -0.2) is 33.0 Å². The van der Waals surface area contributed by atoms with Gasteiger partial charge in [-0.25, -0.2) is 9.97 Å². The van der Waals surface area contributed by atoms with Gasteiger partial charge in [0.1, 0.15) is 11.5 Å². The molecular weight excluding hydrogens is 294 g/mol. The van der Waals surface area contributed by atoms with Gasteiger partial charge in [0.2, 0.25) is 0 Å². The van der Waals surface area contributed by atoms with E-state index in [2.05, 4.69) is 15.3 Å². The maximum absolute atomic E-state index is 12.2. The maximum atomic E-state index is 12.2. The Balaban J connectivity index is 2.09. The SMILES string of the molecule is CC(C)c1ncc(Cl)c(C(=O)NC2C=CC(C(=O)O)C2)n1. The van der Waals surface area contributed by atoms with E-state index in [9.17, 15) is 9.59 Å². The molecule has 21 heavy (non-hydrogen) atoms. The van der Waals surface area contributed by atoms with Gasteiger partial charge in [0.05, 0.1) is 17.1 Å². The van der Waals surface area contributed by atoms with Crippen LogP contribution in [0.4, 0.5) is 0 Å². The molecule has 0 radical (unpaired) electrons. The van der Waals surface area contributed by atoms with Crippen molar-refractivity contribution in [1.29, 1.82) is 0 Å². The first kappa shape index (κ1) is 15.4. The van der Waals surface area contributed by atoms with Crippen LogP contribution >= 0.6 is 11.6 Å². The highest BCUT2D eigenvalue weighted by molar-refractivity contribution is 6.33. The molecule has 1 aromatic rings. The van der Waals surface area contributed by atoms with Crippen molar-refractivity contribution in [3.8, 4) is 0 Å². The molecule has 7 heteroatoms. The summed E-state index contributed by atoms with van der Waals surface area (Å²) in [6, 6.07) is -0.327. The van der Waals surface area contributed by atoms with Crippen molar-refractivity contribution in [2.24, 2.45) is 5.92 Å². The third-order valence-electron chi connectivity index (χ3n) is 3.21. The number of carbonyl (C=O) groups excluding carboxylic acids is 1. The van der Waals surface area contributed by atoms with Crippen molar-refractivity contribution in [3.63, 3.8) is 0 Å². The maximum Gasteiger partial charge on any atom is 0.310 e. The fourth-order valence-electron chi connectivity index (χ4n) is 2.04. The average molecular weight is 310 g/mol. The number of carbonyl (C=O) groups is 2. The number of halogens is 1. The molecule has 0 aliphatic heterocycles. The summed E-state index contributed by atoms with van der Waals surface area (Å²) in [5.74, 6) is -1.27. The van der Waals surface area contributed by atoms with E-state index < -0.39 is 17.8 Å². The minimum Gasteiger partial charge on any atom is -0.481 e. The van der Waals surface area contributed by atoms with Gasteiger partial charge in [-0.15, -0.1) is 0 Å². The molecule has 1 aliphatic rings.